The van der Waals surface area contributed by atoms with Gasteiger partial charge in [-0.2, -0.15) is 0 Å². The van der Waals surface area contributed by atoms with Gasteiger partial charge in [0.15, 0.2) is 0 Å². The summed E-state index contributed by atoms with van der Waals surface area (Å²) in [6.45, 7) is 18.2. The Kier molecular flexibility index (Phi) is 11.6. The Hall–Kier alpha value is -4.93. The number of ether oxygens (including phenoxy) is 2. The molecule has 6 atom stereocenters. The third-order valence-electron chi connectivity index (χ3n) is 11.7. The molecule has 3 aromatic carbocycles. The topological polar surface area (TPSA) is 103 Å². The lowest BCUT2D eigenvalue weighted by atomic mass is 9.64. The van der Waals surface area contributed by atoms with Crippen molar-refractivity contribution in [1.82, 2.24) is 4.90 Å². The van der Waals surface area contributed by atoms with Crippen LogP contribution in [0.5, 0.6) is 5.75 Å². The molecule has 1 N–H and O–H groups in total. The molecular weight excluding hydrogens is 681 g/mol. The minimum Gasteiger partial charge on any atom is -0.494 e. The Balaban J connectivity index is 1.48. The molecule has 0 aromatic heterocycles. The monoisotopic (exact) mass is 734 g/mol. The van der Waals surface area contributed by atoms with Crippen LogP contribution >= 0.6 is 0 Å². The summed E-state index contributed by atoms with van der Waals surface area (Å²) in [5, 5.41) is 11.0. The normalized spacial score (nSPS) is 24.5. The molecule has 2 unspecified atom stereocenters. The van der Waals surface area contributed by atoms with Crippen LogP contribution in [-0.2, 0) is 19.1 Å². The highest BCUT2D eigenvalue weighted by molar-refractivity contribution is 6.07. The summed E-state index contributed by atoms with van der Waals surface area (Å²) in [6.07, 6.45) is 4.73. The number of rotatable bonds is 17. The van der Waals surface area contributed by atoms with E-state index in [9.17, 15) is 5.11 Å². The van der Waals surface area contributed by atoms with Crippen molar-refractivity contribution in [3.05, 3.63) is 110 Å². The summed E-state index contributed by atoms with van der Waals surface area (Å²) < 4.78 is 12.8. The van der Waals surface area contributed by atoms with E-state index in [0.29, 0.717) is 48.6 Å². The third kappa shape index (κ3) is 6.49. The zero-order chi connectivity index (χ0) is 38.6. The lowest BCUT2D eigenvalue weighted by molar-refractivity contribution is -0.149. The molecule has 6 rings (SSSR count). The fraction of sp³-hybridized carbons (Fsp3) is 0.432. The molecular formula is C44H54N4O6. The zero-order valence-corrected chi connectivity index (χ0v) is 32.0. The molecule has 1 spiro atoms. The number of hydrogen-bond donors (Lipinski definition) is 1. The summed E-state index contributed by atoms with van der Waals surface area (Å²) in [6, 6.07) is 22.4. The fourth-order valence-corrected chi connectivity index (χ4v) is 9.22. The van der Waals surface area contributed by atoms with Gasteiger partial charge < -0.3 is 34.2 Å². The largest absolute Gasteiger partial charge is 0.494 e. The number of amides is 3. The molecule has 3 saturated heterocycles. The van der Waals surface area contributed by atoms with Gasteiger partial charge in [0.1, 0.15) is 17.4 Å². The molecule has 2 bridgehead atoms. The lowest BCUT2D eigenvalue weighted by Gasteiger charge is -2.40. The molecule has 3 aromatic rings. The highest BCUT2D eigenvalue weighted by Gasteiger charge is 2.79. The number of carbonyl (C=O) groups is 3. The average Bonchev–Trinajstić information content (AvgIpc) is 3.81. The molecule has 0 radical (unpaired) electrons. The molecule has 10 heteroatoms. The first kappa shape index (κ1) is 38.8. The van der Waals surface area contributed by atoms with Gasteiger partial charge in [-0.15, -0.1) is 13.2 Å². The van der Waals surface area contributed by atoms with E-state index in [-0.39, 0.29) is 30.8 Å². The van der Waals surface area contributed by atoms with E-state index in [1.807, 2.05) is 92.7 Å². The van der Waals surface area contributed by atoms with Gasteiger partial charge in [0.2, 0.25) is 11.8 Å². The summed E-state index contributed by atoms with van der Waals surface area (Å²) in [4.78, 5) is 52.9. The lowest BCUT2D eigenvalue weighted by Crippen LogP contribution is -2.57. The maximum Gasteiger partial charge on any atom is 0.253 e. The van der Waals surface area contributed by atoms with Crippen LogP contribution in [0.4, 0.5) is 17.1 Å². The van der Waals surface area contributed by atoms with E-state index in [0.717, 1.165) is 18.8 Å². The standard InChI is InChI=1S/C44H54N4O6/c1-7-28-46(34-22-24-35(25-23-34)53-12-6)40(50)37-38-41(51)48(36(30-49)31-16-14-13-15-17-31)39(44(38)27-26-43(37,9-3)54-44)42(52)47(29-8-2)33-20-18-32(19-21-33)45(10-4)11-5/h7-8,13-25,36-39,49H,1-2,9-12,26-30H2,3-6H3/t36-,37-,38+,39?,43+,44?/m1/s1. The summed E-state index contributed by atoms with van der Waals surface area (Å²) in [5.74, 6) is -2.13. The number of carbonyl (C=O) groups excluding carboxylic acids is 3. The van der Waals surface area contributed by atoms with Crippen LogP contribution in [0.25, 0.3) is 0 Å². The Labute approximate surface area is 319 Å². The van der Waals surface area contributed by atoms with Crippen LogP contribution in [0.1, 0.15) is 58.6 Å². The molecule has 3 aliphatic heterocycles. The van der Waals surface area contributed by atoms with E-state index in [2.05, 4.69) is 31.9 Å². The van der Waals surface area contributed by atoms with Gasteiger partial charge in [-0.25, -0.2) is 0 Å². The van der Waals surface area contributed by atoms with Gasteiger partial charge >= 0.3 is 0 Å². The van der Waals surface area contributed by atoms with Crippen molar-refractivity contribution in [2.24, 2.45) is 11.8 Å². The van der Waals surface area contributed by atoms with Crippen molar-refractivity contribution < 1.29 is 29.0 Å². The number of anilines is 3. The molecule has 10 nitrogen and oxygen atoms in total. The maximum atomic E-state index is 15.4. The molecule has 0 saturated carbocycles. The molecule has 3 amide bonds. The predicted octanol–water partition coefficient (Wildman–Crippen LogP) is 6.56. The van der Waals surface area contributed by atoms with Gasteiger partial charge in [0.25, 0.3) is 5.91 Å². The van der Waals surface area contributed by atoms with Gasteiger partial charge in [-0.1, -0.05) is 49.4 Å². The van der Waals surface area contributed by atoms with E-state index in [1.54, 1.807) is 22.0 Å². The van der Waals surface area contributed by atoms with Crippen molar-refractivity contribution in [3.63, 3.8) is 0 Å². The van der Waals surface area contributed by atoms with Crippen molar-refractivity contribution in [2.45, 2.75) is 70.2 Å². The van der Waals surface area contributed by atoms with Crippen molar-refractivity contribution in [1.29, 1.82) is 0 Å². The Bertz CT molecular complexity index is 1810. The molecule has 3 aliphatic rings. The number of hydrogen-bond acceptors (Lipinski definition) is 7. The first-order chi connectivity index (χ1) is 26.2. The Morgan fingerprint density at radius 3 is 1.98 bits per heavy atom. The number of likely N-dealkylation sites (tertiary alicyclic amines) is 1. The SMILES string of the molecule is C=CCN(C(=O)C1N([C@H](CO)c2ccccc2)C(=O)[C@@H]2[C@H](C(=O)N(CC=C)c3ccc(OCC)cc3)[C@]3(CC)CCC12O3)c1ccc(N(CC)CC)cc1. The average molecular weight is 735 g/mol. The number of fused-ring (bicyclic) bond motifs is 1. The first-order valence-electron chi connectivity index (χ1n) is 19.3. The summed E-state index contributed by atoms with van der Waals surface area (Å²) >= 11 is 0. The van der Waals surface area contributed by atoms with Crippen molar-refractivity contribution >= 4 is 34.8 Å². The Morgan fingerprint density at radius 1 is 0.870 bits per heavy atom. The second-order valence-corrected chi connectivity index (χ2v) is 14.3. The highest BCUT2D eigenvalue weighted by atomic mass is 16.5. The fourth-order valence-electron chi connectivity index (χ4n) is 9.22. The van der Waals surface area contributed by atoms with Crippen molar-refractivity contribution in [3.8, 4) is 5.75 Å². The predicted molar refractivity (Wildman–Crippen MR) is 213 cm³/mol. The first-order valence-corrected chi connectivity index (χ1v) is 19.3. The number of aliphatic hydroxyl groups excluding tert-OH is 1. The number of benzene rings is 3. The second-order valence-electron chi connectivity index (χ2n) is 14.3. The van der Waals surface area contributed by atoms with Crippen molar-refractivity contribution in [2.75, 3.05) is 54.1 Å². The van der Waals surface area contributed by atoms with Crippen LogP contribution < -0.4 is 19.4 Å². The molecule has 286 valence electrons. The minimum atomic E-state index is -1.31. The third-order valence-corrected chi connectivity index (χ3v) is 11.7. The van der Waals surface area contributed by atoms with Gasteiger partial charge in [-0.05, 0) is 94.1 Å². The zero-order valence-electron chi connectivity index (χ0n) is 32.0. The van der Waals surface area contributed by atoms with Gasteiger partial charge in [0, 0.05) is 43.2 Å². The van der Waals surface area contributed by atoms with E-state index < -0.39 is 41.7 Å². The molecule has 54 heavy (non-hydrogen) atoms. The Morgan fingerprint density at radius 2 is 1.44 bits per heavy atom. The summed E-state index contributed by atoms with van der Waals surface area (Å²) in [7, 11) is 0. The van der Waals surface area contributed by atoms with Gasteiger partial charge in [-0.3, -0.25) is 14.4 Å². The quantitative estimate of drug-likeness (QED) is 0.157. The van der Waals surface area contributed by atoms with Crippen LogP contribution in [0.2, 0.25) is 0 Å². The minimum absolute atomic E-state index is 0.185. The second kappa shape index (κ2) is 16.2. The number of nitrogens with zero attached hydrogens (tertiary/aromatic N) is 4. The molecule has 3 fully saturated rings. The molecule has 0 aliphatic carbocycles. The number of aliphatic hydroxyl groups is 1. The summed E-state index contributed by atoms with van der Waals surface area (Å²) in [5.41, 5.74) is 0.739. The van der Waals surface area contributed by atoms with Crippen LogP contribution in [0.3, 0.4) is 0 Å². The van der Waals surface area contributed by atoms with Gasteiger partial charge in [0.05, 0.1) is 36.7 Å². The molecule has 3 heterocycles. The van der Waals surface area contributed by atoms with E-state index >= 15 is 14.4 Å². The maximum absolute atomic E-state index is 15.4. The van der Waals surface area contributed by atoms with Crippen LogP contribution in [0.15, 0.2) is 104 Å². The van der Waals surface area contributed by atoms with E-state index in [4.69, 9.17) is 9.47 Å². The van der Waals surface area contributed by atoms with E-state index in [1.165, 1.54) is 4.90 Å². The smallest absolute Gasteiger partial charge is 0.253 e. The highest BCUT2D eigenvalue weighted by Crippen LogP contribution is 2.65. The van der Waals surface area contributed by atoms with Crippen LogP contribution in [0, 0.1) is 11.8 Å². The van der Waals surface area contributed by atoms with Crippen LogP contribution in [-0.4, -0.2) is 84.4 Å².